The average molecular weight is 312 g/mol. The van der Waals surface area contributed by atoms with Gasteiger partial charge in [0.05, 0.1) is 0 Å². The summed E-state index contributed by atoms with van der Waals surface area (Å²) in [4.78, 5) is 0. The maximum absolute atomic E-state index is 6.25. The van der Waals surface area contributed by atoms with Crippen molar-refractivity contribution < 1.29 is 9.16 Å². The van der Waals surface area contributed by atoms with Gasteiger partial charge in [-0.1, -0.05) is 42.5 Å². The fourth-order valence-electron chi connectivity index (χ4n) is 2.90. The van der Waals surface area contributed by atoms with Gasteiger partial charge >= 0.3 is 0 Å². The molecule has 0 spiro atoms. The maximum Gasteiger partial charge on any atom is 0.269 e. The van der Waals surface area contributed by atoms with Gasteiger partial charge in [-0.3, -0.25) is 0 Å². The lowest BCUT2D eigenvalue weighted by Crippen LogP contribution is -2.27. The van der Waals surface area contributed by atoms with E-state index in [9.17, 15) is 0 Å². The van der Waals surface area contributed by atoms with Crippen molar-refractivity contribution in [2.45, 2.75) is 45.5 Å². The number of hydrogen-bond donors (Lipinski definition) is 0. The van der Waals surface area contributed by atoms with E-state index in [0.29, 0.717) is 0 Å². The zero-order valence-corrected chi connectivity index (χ0v) is 15.1. The van der Waals surface area contributed by atoms with Crippen LogP contribution in [0.15, 0.2) is 48.4 Å². The van der Waals surface area contributed by atoms with Crippen LogP contribution in [0.25, 0.3) is 16.3 Å². The highest BCUT2D eigenvalue weighted by molar-refractivity contribution is 6.70. The van der Waals surface area contributed by atoms with Crippen molar-refractivity contribution in [1.82, 2.24) is 0 Å². The van der Waals surface area contributed by atoms with E-state index < -0.39 is 8.32 Å². The molecule has 2 aromatic rings. The average Bonchev–Trinajstić information content (AvgIpc) is 2.70. The van der Waals surface area contributed by atoms with E-state index in [1.165, 1.54) is 21.9 Å². The van der Waals surface area contributed by atoms with Crippen molar-refractivity contribution in [3.63, 3.8) is 0 Å². The van der Waals surface area contributed by atoms with Gasteiger partial charge < -0.3 is 9.16 Å². The predicted molar refractivity (Wildman–Crippen MR) is 95.1 cm³/mol. The van der Waals surface area contributed by atoms with E-state index in [4.69, 9.17) is 9.16 Å². The van der Waals surface area contributed by atoms with Gasteiger partial charge in [0.15, 0.2) is 0 Å². The first kappa shape index (κ1) is 15.2. The van der Waals surface area contributed by atoms with Crippen LogP contribution in [0.3, 0.4) is 0 Å². The Bertz CT molecular complexity index is 733. The fraction of sp³-hybridized carbons (Fsp3) is 0.368. The summed E-state index contributed by atoms with van der Waals surface area (Å²) in [6, 6.07) is 14.9. The minimum atomic E-state index is -1.71. The second-order valence-electron chi connectivity index (χ2n) is 7.55. The van der Waals surface area contributed by atoms with Crippen LogP contribution < -0.4 is 0 Å². The molecular weight excluding hydrogens is 288 g/mol. The van der Waals surface area contributed by atoms with E-state index in [2.05, 4.69) is 76.0 Å². The second kappa shape index (κ2) is 5.16. The number of ether oxygens (including phenoxy) is 1. The summed E-state index contributed by atoms with van der Waals surface area (Å²) >= 11 is 0. The van der Waals surface area contributed by atoms with Crippen molar-refractivity contribution in [3.8, 4) is 0 Å². The summed E-state index contributed by atoms with van der Waals surface area (Å²) in [5.41, 5.74) is 2.22. The summed E-state index contributed by atoms with van der Waals surface area (Å²) in [5, 5.41) is 2.52. The Morgan fingerprint density at radius 1 is 1.00 bits per heavy atom. The Labute approximate surface area is 133 Å². The highest BCUT2D eigenvalue weighted by atomic mass is 28.4. The normalized spacial score (nSPS) is 17.7. The quantitative estimate of drug-likeness (QED) is 0.691. The van der Waals surface area contributed by atoms with Gasteiger partial charge in [-0.25, -0.2) is 0 Å². The Morgan fingerprint density at radius 3 is 2.41 bits per heavy atom. The molecule has 2 nitrogen and oxygen atoms in total. The lowest BCUT2D eigenvalue weighted by Gasteiger charge is -2.24. The van der Waals surface area contributed by atoms with Crippen molar-refractivity contribution in [2.75, 3.05) is 0 Å². The molecule has 0 N–H and O–H groups in total. The molecule has 116 valence electrons. The van der Waals surface area contributed by atoms with Crippen LogP contribution in [0.4, 0.5) is 0 Å². The molecule has 22 heavy (non-hydrogen) atoms. The molecule has 2 aromatic carbocycles. The van der Waals surface area contributed by atoms with Crippen LogP contribution in [0.2, 0.25) is 19.6 Å². The molecule has 1 heterocycles. The summed E-state index contributed by atoms with van der Waals surface area (Å²) in [7, 11) is -1.71. The van der Waals surface area contributed by atoms with Gasteiger partial charge in [0.25, 0.3) is 5.95 Å². The smallest absolute Gasteiger partial charge is 0.269 e. The summed E-state index contributed by atoms with van der Waals surface area (Å²) < 4.78 is 12.4. The number of hydrogen-bond acceptors (Lipinski definition) is 2. The van der Waals surface area contributed by atoms with E-state index in [1.807, 2.05) is 0 Å². The Morgan fingerprint density at radius 2 is 1.68 bits per heavy atom. The van der Waals surface area contributed by atoms with Crippen LogP contribution in [-0.4, -0.2) is 13.9 Å². The molecule has 1 aliphatic heterocycles. The standard InChI is InChI=1S/C19H24O2Si/c1-19(2)13-17(18(20-19)21-22(3,4)5)16-12-8-10-14-9-6-7-11-15(14)16/h6-12H,13H2,1-5H3. The third-order valence-electron chi connectivity index (χ3n) is 3.73. The van der Waals surface area contributed by atoms with Gasteiger partial charge in [-0.2, -0.15) is 0 Å². The monoisotopic (exact) mass is 312 g/mol. The maximum atomic E-state index is 6.25. The van der Waals surface area contributed by atoms with Crippen molar-refractivity contribution >= 4 is 24.7 Å². The molecule has 0 fully saturated rings. The number of rotatable bonds is 3. The second-order valence-corrected chi connectivity index (χ2v) is 12.0. The molecule has 0 atom stereocenters. The molecule has 0 bridgehead atoms. The molecule has 3 heteroatoms. The zero-order valence-electron chi connectivity index (χ0n) is 14.1. The van der Waals surface area contributed by atoms with E-state index in [0.717, 1.165) is 12.4 Å². The predicted octanol–water partition coefficient (Wildman–Crippen LogP) is 5.56. The molecule has 0 radical (unpaired) electrons. The summed E-state index contributed by atoms with van der Waals surface area (Å²) in [5.74, 6) is 0.737. The molecular formula is C19H24O2Si. The number of benzene rings is 2. The van der Waals surface area contributed by atoms with Crippen molar-refractivity contribution in [1.29, 1.82) is 0 Å². The third kappa shape index (κ3) is 3.04. The van der Waals surface area contributed by atoms with Gasteiger partial charge in [-0.15, -0.1) is 0 Å². The molecule has 0 aliphatic carbocycles. The van der Waals surface area contributed by atoms with E-state index in [-0.39, 0.29) is 5.60 Å². The van der Waals surface area contributed by atoms with E-state index in [1.54, 1.807) is 0 Å². The van der Waals surface area contributed by atoms with Crippen LogP contribution in [-0.2, 0) is 9.16 Å². The minimum absolute atomic E-state index is 0.207. The van der Waals surface area contributed by atoms with Crippen LogP contribution >= 0.6 is 0 Å². The highest BCUT2D eigenvalue weighted by Crippen LogP contribution is 2.42. The Hall–Kier alpha value is -1.74. The van der Waals surface area contributed by atoms with Crippen molar-refractivity contribution in [3.05, 3.63) is 54.0 Å². The van der Waals surface area contributed by atoms with Gasteiger partial charge in [0, 0.05) is 12.0 Å². The minimum Gasteiger partial charge on any atom is -0.519 e. The van der Waals surface area contributed by atoms with Crippen LogP contribution in [0.1, 0.15) is 25.8 Å². The highest BCUT2D eigenvalue weighted by Gasteiger charge is 2.36. The van der Waals surface area contributed by atoms with Gasteiger partial charge in [0.2, 0.25) is 8.32 Å². The molecule has 0 saturated carbocycles. The lowest BCUT2D eigenvalue weighted by atomic mass is 9.93. The van der Waals surface area contributed by atoms with Crippen molar-refractivity contribution in [2.24, 2.45) is 0 Å². The van der Waals surface area contributed by atoms with Gasteiger partial charge in [0.1, 0.15) is 5.60 Å². The fourth-order valence-corrected chi connectivity index (χ4v) is 3.62. The molecule has 0 aromatic heterocycles. The third-order valence-corrected chi connectivity index (χ3v) is 4.53. The Balaban J connectivity index is 2.15. The summed E-state index contributed by atoms with van der Waals surface area (Å²) in [6.45, 7) is 10.8. The topological polar surface area (TPSA) is 18.5 Å². The molecule has 0 saturated heterocycles. The first-order valence-corrected chi connectivity index (χ1v) is 11.3. The lowest BCUT2D eigenvalue weighted by molar-refractivity contribution is 0.00576. The molecule has 3 rings (SSSR count). The largest absolute Gasteiger partial charge is 0.519 e. The first-order chi connectivity index (χ1) is 10.3. The Kier molecular flexibility index (Phi) is 3.56. The SMILES string of the molecule is CC1(C)CC(c2cccc3ccccc23)=C(O[Si](C)(C)C)O1. The zero-order chi connectivity index (χ0) is 16.0. The molecule has 1 aliphatic rings. The van der Waals surface area contributed by atoms with E-state index >= 15 is 0 Å². The van der Waals surface area contributed by atoms with Gasteiger partial charge in [-0.05, 0) is 49.8 Å². The summed E-state index contributed by atoms with van der Waals surface area (Å²) in [6.07, 6.45) is 0.876. The van der Waals surface area contributed by atoms with Crippen LogP contribution in [0.5, 0.6) is 0 Å². The molecule has 0 unspecified atom stereocenters. The molecule has 0 amide bonds. The van der Waals surface area contributed by atoms with Crippen LogP contribution in [0, 0.1) is 0 Å². The first-order valence-electron chi connectivity index (χ1n) is 7.84. The number of fused-ring (bicyclic) bond motifs is 1.